The van der Waals surface area contributed by atoms with Crippen LogP contribution >= 0.6 is 12.4 Å². The van der Waals surface area contributed by atoms with Crippen LogP contribution in [0.25, 0.3) is 0 Å². The molecule has 0 atom stereocenters. The standard InChI is InChI=1S/C18H23N3O3.ClH/c1-19-9-10-20-16(22)12-7-8-14-15(11-12)18(24)21(17(14)23)13-5-3-2-4-6-13;/h7-8,11,13,19H,2-6,9-10H2,1H3,(H,20,22);1H. The first-order valence-corrected chi connectivity index (χ1v) is 8.58. The van der Waals surface area contributed by atoms with Gasteiger partial charge in [0, 0.05) is 24.7 Å². The lowest BCUT2D eigenvalue weighted by Crippen LogP contribution is -2.40. The maximum Gasteiger partial charge on any atom is 0.261 e. The maximum atomic E-state index is 12.7. The van der Waals surface area contributed by atoms with E-state index >= 15 is 0 Å². The summed E-state index contributed by atoms with van der Waals surface area (Å²) < 4.78 is 0. The summed E-state index contributed by atoms with van der Waals surface area (Å²) in [5.41, 5.74) is 1.18. The first-order valence-electron chi connectivity index (χ1n) is 8.58. The molecule has 7 heteroatoms. The Bertz CT molecular complexity index is 672. The number of rotatable bonds is 5. The highest BCUT2D eigenvalue weighted by atomic mass is 35.5. The molecular weight excluding hydrogens is 342 g/mol. The van der Waals surface area contributed by atoms with Gasteiger partial charge in [-0.15, -0.1) is 12.4 Å². The number of carbonyl (C=O) groups excluding carboxylic acids is 3. The van der Waals surface area contributed by atoms with Crippen molar-refractivity contribution in [2.75, 3.05) is 20.1 Å². The number of likely N-dealkylation sites (N-methyl/N-ethyl adjacent to an activating group) is 1. The molecule has 0 aromatic heterocycles. The molecule has 136 valence electrons. The molecular formula is C18H24ClN3O3. The van der Waals surface area contributed by atoms with E-state index in [9.17, 15) is 14.4 Å². The minimum atomic E-state index is -0.258. The van der Waals surface area contributed by atoms with Gasteiger partial charge in [0.25, 0.3) is 17.7 Å². The van der Waals surface area contributed by atoms with Crippen molar-refractivity contribution in [3.8, 4) is 0 Å². The first kappa shape index (κ1) is 19.4. The van der Waals surface area contributed by atoms with Crippen LogP contribution in [-0.2, 0) is 0 Å². The summed E-state index contributed by atoms with van der Waals surface area (Å²) in [6.07, 6.45) is 5.02. The minimum Gasteiger partial charge on any atom is -0.351 e. The van der Waals surface area contributed by atoms with Crippen LogP contribution in [0.15, 0.2) is 18.2 Å². The molecule has 6 nitrogen and oxygen atoms in total. The predicted molar refractivity (Wildman–Crippen MR) is 97.3 cm³/mol. The molecule has 1 aliphatic carbocycles. The van der Waals surface area contributed by atoms with Gasteiger partial charge in [-0.3, -0.25) is 19.3 Å². The van der Waals surface area contributed by atoms with Crippen molar-refractivity contribution < 1.29 is 14.4 Å². The number of hydrogen-bond donors (Lipinski definition) is 2. The van der Waals surface area contributed by atoms with Crippen molar-refractivity contribution in [2.24, 2.45) is 0 Å². The van der Waals surface area contributed by atoms with Crippen LogP contribution in [-0.4, -0.2) is 48.8 Å². The molecule has 3 amide bonds. The zero-order chi connectivity index (χ0) is 17.1. The Hall–Kier alpha value is -1.92. The maximum absolute atomic E-state index is 12.7. The summed E-state index contributed by atoms with van der Waals surface area (Å²) in [7, 11) is 1.81. The molecule has 0 unspecified atom stereocenters. The van der Waals surface area contributed by atoms with Crippen molar-refractivity contribution in [3.05, 3.63) is 34.9 Å². The normalized spacial score (nSPS) is 17.2. The summed E-state index contributed by atoms with van der Waals surface area (Å²) in [6, 6.07) is 4.76. The van der Waals surface area contributed by atoms with Gasteiger partial charge in [-0.2, -0.15) is 0 Å². The molecule has 0 radical (unpaired) electrons. The SMILES string of the molecule is CNCCNC(=O)c1ccc2c(c1)C(=O)N(C1CCCCC1)C2=O.Cl. The van der Waals surface area contributed by atoms with Crippen molar-refractivity contribution in [1.82, 2.24) is 15.5 Å². The number of halogens is 1. The van der Waals surface area contributed by atoms with Gasteiger partial charge in [-0.25, -0.2) is 0 Å². The number of carbonyl (C=O) groups is 3. The number of nitrogens with zero attached hydrogens (tertiary/aromatic N) is 1. The van der Waals surface area contributed by atoms with Gasteiger partial charge in [0.15, 0.2) is 0 Å². The second-order valence-corrected chi connectivity index (χ2v) is 6.39. The lowest BCUT2D eigenvalue weighted by Gasteiger charge is -2.29. The topological polar surface area (TPSA) is 78.5 Å². The highest BCUT2D eigenvalue weighted by Crippen LogP contribution is 2.31. The molecule has 1 aliphatic heterocycles. The molecule has 3 rings (SSSR count). The van der Waals surface area contributed by atoms with E-state index in [1.807, 2.05) is 7.05 Å². The third-order valence-electron chi connectivity index (χ3n) is 4.78. The summed E-state index contributed by atoms with van der Waals surface area (Å²) >= 11 is 0. The van der Waals surface area contributed by atoms with Gasteiger partial charge in [-0.05, 0) is 38.1 Å². The zero-order valence-corrected chi connectivity index (χ0v) is 15.2. The Morgan fingerprint density at radius 2 is 1.76 bits per heavy atom. The molecule has 1 heterocycles. The fourth-order valence-corrected chi connectivity index (χ4v) is 3.47. The van der Waals surface area contributed by atoms with Crippen LogP contribution in [0.2, 0.25) is 0 Å². The van der Waals surface area contributed by atoms with Crippen LogP contribution < -0.4 is 10.6 Å². The van der Waals surface area contributed by atoms with Crippen LogP contribution in [0.1, 0.15) is 63.2 Å². The van der Waals surface area contributed by atoms with E-state index in [0.717, 1.165) is 32.1 Å². The lowest BCUT2D eigenvalue weighted by atomic mass is 9.94. The second-order valence-electron chi connectivity index (χ2n) is 6.39. The fourth-order valence-electron chi connectivity index (χ4n) is 3.47. The molecule has 0 bridgehead atoms. The highest BCUT2D eigenvalue weighted by molar-refractivity contribution is 6.22. The zero-order valence-electron chi connectivity index (χ0n) is 14.3. The molecule has 1 aromatic rings. The lowest BCUT2D eigenvalue weighted by molar-refractivity contribution is 0.0549. The minimum absolute atomic E-state index is 0. The monoisotopic (exact) mass is 365 g/mol. The number of imide groups is 1. The van der Waals surface area contributed by atoms with Gasteiger partial charge >= 0.3 is 0 Å². The van der Waals surface area contributed by atoms with E-state index in [2.05, 4.69) is 10.6 Å². The van der Waals surface area contributed by atoms with Crippen LogP contribution in [0.4, 0.5) is 0 Å². The Labute approximate surface area is 153 Å². The Kier molecular flexibility index (Phi) is 6.56. The average Bonchev–Trinajstić information content (AvgIpc) is 2.86. The van der Waals surface area contributed by atoms with Crippen LogP contribution in [0.3, 0.4) is 0 Å². The van der Waals surface area contributed by atoms with E-state index in [4.69, 9.17) is 0 Å². The Morgan fingerprint density at radius 1 is 1.08 bits per heavy atom. The largest absolute Gasteiger partial charge is 0.351 e. The van der Waals surface area contributed by atoms with E-state index < -0.39 is 0 Å². The van der Waals surface area contributed by atoms with Crippen LogP contribution in [0, 0.1) is 0 Å². The summed E-state index contributed by atoms with van der Waals surface area (Å²) in [5.74, 6) is -0.708. The summed E-state index contributed by atoms with van der Waals surface area (Å²) in [4.78, 5) is 38.9. The molecule has 1 saturated carbocycles. The molecule has 25 heavy (non-hydrogen) atoms. The van der Waals surface area contributed by atoms with Crippen molar-refractivity contribution in [2.45, 2.75) is 38.1 Å². The van der Waals surface area contributed by atoms with Gasteiger partial charge in [-0.1, -0.05) is 19.3 Å². The quantitative estimate of drug-likeness (QED) is 0.618. The third-order valence-corrected chi connectivity index (χ3v) is 4.78. The molecule has 2 N–H and O–H groups in total. The summed E-state index contributed by atoms with van der Waals surface area (Å²) in [5, 5.41) is 5.73. The van der Waals surface area contributed by atoms with Gasteiger partial charge in [0.1, 0.15) is 0 Å². The van der Waals surface area contributed by atoms with Crippen molar-refractivity contribution >= 4 is 30.1 Å². The number of amides is 3. The highest BCUT2D eigenvalue weighted by Gasteiger charge is 2.40. The average molecular weight is 366 g/mol. The number of hydrogen-bond acceptors (Lipinski definition) is 4. The molecule has 1 aromatic carbocycles. The first-order chi connectivity index (χ1) is 11.6. The van der Waals surface area contributed by atoms with Gasteiger partial charge < -0.3 is 10.6 Å². The number of fused-ring (bicyclic) bond motifs is 1. The predicted octanol–water partition coefficient (Wildman–Crippen LogP) is 1.99. The Balaban J connectivity index is 0.00000225. The Morgan fingerprint density at radius 3 is 2.44 bits per heavy atom. The van der Waals surface area contributed by atoms with Gasteiger partial charge in [0.05, 0.1) is 11.1 Å². The van der Waals surface area contributed by atoms with Crippen molar-refractivity contribution in [3.63, 3.8) is 0 Å². The molecule has 0 saturated heterocycles. The molecule has 1 fully saturated rings. The van der Waals surface area contributed by atoms with E-state index in [0.29, 0.717) is 29.8 Å². The van der Waals surface area contributed by atoms with Gasteiger partial charge in [0.2, 0.25) is 0 Å². The second kappa shape index (κ2) is 8.45. The summed E-state index contributed by atoms with van der Waals surface area (Å²) in [6.45, 7) is 1.18. The smallest absolute Gasteiger partial charge is 0.261 e. The number of benzene rings is 1. The third kappa shape index (κ3) is 3.85. The molecule has 2 aliphatic rings. The van der Waals surface area contributed by atoms with Crippen LogP contribution in [0.5, 0.6) is 0 Å². The molecule has 0 spiro atoms. The number of nitrogens with one attached hydrogen (secondary N) is 2. The van der Waals surface area contributed by atoms with E-state index in [-0.39, 0.29) is 36.2 Å². The van der Waals surface area contributed by atoms with Crippen molar-refractivity contribution in [1.29, 1.82) is 0 Å². The van der Waals surface area contributed by atoms with E-state index in [1.54, 1.807) is 18.2 Å². The fraction of sp³-hybridized carbons (Fsp3) is 0.500. The van der Waals surface area contributed by atoms with E-state index in [1.165, 1.54) is 4.90 Å².